The second kappa shape index (κ2) is 4.39. The molecule has 2 aromatic rings. The van der Waals surface area contributed by atoms with Crippen LogP contribution < -0.4 is 5.32 Å². The summed E-state index contributed by atoms with van der Waals surface area (Å²) in [7, 11) is 1.13. The third-order valence-corrected chi connectivity index (χ3v) is 4.50. The van der Waals surface area contributed by atoms with E-state index in [0.29, 0.717) is 6.04 Å². The summed E-state index contributed by atoms with van der Waals surface area (Å²) >= 11 is 0. The standard InChI is InChI=1S/C13H15N2P/c1-2-4-12-10(3-1)5-7-14-13(12)15-11-6-8-16-9-11/h1-5,7,11,16H,6,8-9H2,(H,14,15)/t11-/m1/s1. The minimum atomic E-state index is 0.636. The first-order valence-electron chi connectivity index (χ1n) is 5.74. The van der Waals surface area contributed by atoms with Crippen molar-refractivity contribution in [3.05, 3.63) is 36.5 Å². The van der Waals surface area contributed by atoms with Gasteiger partial charge in [-0.25, -0.2) is 4.98 Å². The van der Waals surface area contributed by atoms with E-state index in [1.165, 1.54) is 29.5 Å². The Morgan fingerprint density at radius 2 is 2.19 bits per heavy atom. The number of aromatic nitrogens is 1. The molecule has 0 spiro atoms. The molecule has 3 rings (SSSR count). The van der Waals surface area contributed by atoms with E-state index >= 15 is 0 Å². The molecule has 1 unspecified atom stereocenters. The fourth-order valence-corrected chi connectivity index (χ4v) is 3.62. The maximum atomic E-state index is 4.46. The molecule has 1 aromatic heterocycles. The van der Waals surface area contributed by atoms with E-state index in [9.17, 15) is 0 Å². The van der Waals surface area contributed by atoms with Crippen LogP contribution >= 0.6 is 8.58 Å². The molecule has 0 aliphatic carbocycles. The molecule has 16 heavy (non-hydrogen) atoms. The van der Waals surface area contributed by atoms with E-state index in [4.69, 9.17) is 0 Å². The summed E-state index contributed by atoms with van der Waals surface area (Å²) in [4.78, 5) is 4.46. The van der Waals surface area contributed by atoms with Crippen molar-refractivity contribution >= 4 is 25.2 Å². The van der Waals surface area contributed by atoms with Gasteiger partial charge in [-0.05, 0) is 30.2 Å². The SMILES string of the molecule is c1ccc2c(N[C@@H]3CCPC3)nccc2c1. The van der Waals surface area contributed by atoms with E-state index in [1.807, 2.05) is 6.20 Å². The number of pyridine rings is 1. The molecule has 1 aliphatic heterocycles. The normalized spacial score (nSPS) is 21.6. The first-order valence-corrected chi connectivity index (χ1v) is 7.16. The van der Waals surface area contributed by atoms with Gasteiger partial charge in [-0.1, -0.05) is 24.3 Å². The number of hydrogen-bond donors (Lipinski definition) is 1. The summed E-state index contributed by atoms with van der Waals surface area (Å²) in [5.41, 5.74) is 0. The molecule has 1 aliphatic rings. The number of nitrogens with zero attached hydrogens (tertiary/aromatic N) is 1. The molecule has 0 radical (unpaired) electrons. The summed E-state index contributed by atoms with van der Waals surface area (Å²) in [6, 6.07) is 11.1. The lowest BCUT2D eigenvalue weighted by molar-refractivity contribution is 0.808. The second-order valence-electron chi connectivity index (χ2n) is 4.21. The van der Waals surface area contributed by atoms with Crippen molar-refractivity contribution in [1.82, 2.24) is 4.98 Å². The lowest BCUT2D eigenvalue weighted by atomic mass is 10.1. The van der Waals surface area contributed by atoms with Crippen LogP contribution in [0.25, 0.3) is 10.8 Å². The Morgan fingerprint density at radius 1 is 1.25 bits per heavy atom. The van der Waals surface area contributed by atoms with E-state index < -0.39 is 0 Å². The fraction of sp³-hybridized carbons (Fsp3) is 0.308. The van der Waals surface area contributed by atoms with Crippen LogP contribution in [0, 0.1) is 0 Å². The zero-order valence-electron chi connectivity index (χ0n) is 9.11. The lowest BCUT2D eigenvalue weighted by Gasteiger charge is -2.14. The summed E-state index contributed by atoms with van der Waals surface area (Å²) < 4.78 is 0. The Kier molecular flexibility index (Phi) is 2.75. The molecule has 1 N–H and O–H groups in total. The van der Waals surface area contributed by atoms with Crippen molar-refractivity contribution in [2.75, 3.05) is 17.6 Å². The Balaban J connectivity index is 1.96. The molecule has 2 atom stereocenters. The number of benzene rings is 1. The third-order valence-electron chi connectivity index (χ3n) is 3.07. The molecule has 2 heterocycles. The molecule has 1 aromatic carbocycles. The molecule has 3 heteroatoms. The van der Waals surface area contributed by atoms with Crippen LogP contribution in [-0.4, -0.2) is 23.3 Å². The summed E-state index contributed by atoms with van der Waals surface area (Å²) in [6.45, 7) is 0. The predicted molar refractivity (Wildman–Crippen MR) is 71.8 cm³/mol. The van der Waals surface area contributed by atoms with Crippen LogP contribution in [0.4, 0.5) is 5.82 Å². The number of hydrogen-bond acceptors (Lipinski definition) is 2. The van der Waals surface area contributed by atoms with Crippen molar-refractivity contribution in [3.63, 3.8) is 0 Å². The van der Waals surface area contributed by atoms with Gasteiger partial charge in [-0.3, -0.25) is 0 Å². The van der Waals surface area contributed by atoms with Gasteiger partial charge < -0.3 is 5.32 Å². The highest BCUT2D eigenvalue weighted by Crippen LogP contribution is 2.28. The summed E-state index contributed by atoms with van der Waals surface area (Å²) in [5, 5.41) is 6.08. The van der Waals surface area contributed by atoms with E-state index in [2.05, 4.69) is 40.6 Å². The van der Waals surface area contributed by atoms with Crippen molar-refractivity contribution in [3.8, 4) is 0 Å². The molecule has 1 fully saturated rings. The molecular weight excluding hydrogens is 215 g/mol. The fourth-order valence-electron chi connectivity index (χ4n) is 2.21. The molecule has 82 valence electrons. The number of anilines is 1. The van der Waals surface area contributed by atoms with Crippen molar-refractivity contribution in [2.24, 2.45) is 0 Å². The molecule has 2 nitrogen and oxygen atoms in total. The molecular formula is C13H15N2P. The molecule has 0 amide bonds. The maximum Gasteiger partial charge on any atom is 0.134 e. The highest BCUT2D eigenvalue weighted by molar-refractivity contribution is 7.38. The zero-order valence-corrected chi connectivity index (χ0v) is 10.1. The molecule has 0 bridgehead atoms. The van der Waals surface area contributed by atoms with Gasteiger partial charge in [0, 0.05) is 17.6 Å². The van der Waals surface area contributed by atoms with E-state index in [-0.39, 0.29) is 0 Å². The molecule has 1 saturated heterocycles. The predicted octanol–water partition coefficient (Wildman–Crippen LogP) is 3.10. The zero-order chi connectivity index (χ0) is 10.8. The van der Waals surface area contributed by atoms with Crippen LogP contribution in [0.5, 0.6) is 0 Å². The topological polar surface area (TPSA) is 24.9 Å². The van der Waals surface area contributed by atoms with Gasteiger partial charge in [0.15, 0.2) is 0 Å². The van der Waals surface area contributed by atoms with Gasteiger partial charge in [-0.15, -0.1) is 8.58 Å². The lowest BCUT2D eigenvalue weighted by Crippen LogP contribution is -2.18. The van der Waals surface area contributed by atoms with Gasteiger partial charge >= 0.3 is 0 Å². The Bertz CT molecular complexity index is 487. The number of fused-ring (bicyclic) bond motifs is 1. The minimum Gasteiger partial charge on any atom is -0.366 e. The number of nitrogens with one attached hydrogen (secondary N) is 1. The van der Waals surface area contributed by atoms with Crippen LogP contribution in [0.15, 0.2) is 36.5 Å². The van der Waals surface area contributed by atoms with E-state index in [1.54, 1.807) is 0 Å². The van der Waals surface area contributed by atoms with Crippen molar-refractivity contribution in [1.29, 1.82) is 0 Å². The maximum absolute atomic E-state index is 4.46. The third kappa shape index (κ3) is 1.90. The smallest absolute Gasteiger partial charge is 0.134 e. The van der Waals surface area contributed by atoms with Crippen LogP contribution in [0.2, 0.25) is 0 Å². The largest absolute Gasteiger partial charge is 0.366 e. The average molecular weight is 230 g/mol. The van der Waals surface area contributed by atoms with Crippen LogP contribution in [0.1, 0.15) is 6.42 Å². The average Bonchev–Trinajstić information content (AvgIpc) is 2.82. The number of rotatable bonds is 2. The van der Waals surface area contributed by atoms with Crippen LogP contribution in [0.3, 0.4) is 0 Å². The van der Waals surface area contributed by atoms with Gasteiger partial charge in [-0.2, -0.15) is 0 Å². The van der Waals surface area contributed by atoms with Gasteiger partial charge in [0.1, 0.15) is 5.82 Å². The first-order chi connectivity index (χ1) is 7.93. The molecule has 0 saturated carbocycles. The summed E-state index contributed by atoms with van der Waals surface area (Å²) in [5.74, 6) is 1.05. The van der Waals surface area contributed by atoms with E-state index in [0.717, 1.165) is 14.4 Å². The van der Waals surface area contributed by atoms with Crippen LogP contribution in [-0.2, 0) is 0 Å². The minimum absolute atomic E-state index is 0.636. The van der Waals surface area contributed by atoms with Crippen molar-refractivity contribution in [2.45, 2.75) is 12.5 Å². The summed E-state index contributed by atoms with van der Waals surface area (Å²) in [6.07, 6.45) is 5.87. The van der Waals surface area contributed by atoms with Crippen molar-refractivity contribution < 1.29 is 0 Å². The first kappa shape index (κ1) is 10.0. The van der Waals surface area contributed by atoms with Gasteiger partial charge in [0.05, 0.1) is 0 Å². The van der Waals surface area contributed by atoms with Gasteiger partial charge in [0.2, 0.25) is 0 Å². The Morgan fingerprint density at radius 3 is 3.06 bits per heavy atom. The highest BCUT2D eigenvalue weighted by Gasteiger charge is 2.15. The highest BCUT2D eigenvalue weighted by atomic mass is 31.1. The quantitative estimate of drug-likeness (QED) is 0.802. The second-order valence-corrected chi connectivity index (χ2v) is 5.62. The van der Waals surface area contributed by atoms with Gasteiger partial charge in [0.25, 0.3) is 0 Å². The Labute approximate surface area is 97.3 Å². The Hall–Kier alpha value is -1.14. The monoisotopic (exact) mass is 230 g/mol.